The van der Waals surface area contributed by atoms with Crippen LogP contribution in [0.15, 0.2) is 30.5 Å². The van der Waals surface area contributed by atoms with E-state index in [-0.39, 0.29) is 5.04 Å². The van der Waals surface area contributed by atoms with Crippen LogP contribution in [0.2, 0.25) is 18.1 Å². The first-order valence-corrected chi connectivity index (χ1v) is 12.6. The van der Waals surface area contributed by atoms with Crippen molar-refractivity contribution in [3.05, 3.63) is 41.6 Å². The molecule has 1 atom stereocenters. The number of aryl methyl sites for hydroxylation is 1. The Morgan fingerprint density at radius 2 is 2.00 bits per heavy atom. The molecule has 0 radical (unpaired) electrons. The molecule has 0 spiro atoms. The summed E-state index contributed by atoms with van der Waals surface area (Å²) < 4.78 is 8.47. The second kappa shape index (κ2) is 6.95. The molecule has 1 heterocycles. The van der Waals surface area contributed by atoms with Gasteiger partial charge in [0.2, 0.25) is 0 Å². The average molecular weight is 386 g/mol. The first-order valence-electron chi connectivity index (χ1n) is 9.69. The van der Waals surface area contributed by atoms with Crippen molar-refractivity contribution in [1.82, 2.24) is 4.57 Å². The molecule has 5 heteroatoms. The van der Waals surface area contributed by atoms with Gasteiger partial charge in [-0.2, -0.15) is 0 Å². The normalized spacial score (nSPS) is 18.6. The fourth-order valence-corrected chi connectivity index (χ4v) is 4.93. The van der Waals surface area contributed by atoms with E-state index in [1.165, 1.54) is 11.1 Å². The van der Waals surface area contributed by atoms with Gasteiger partial charge in [0, 0.05) is 30.3 Å². The number of allylic oxidation sites excluding steroid dienone is 1. The second-order valence-corrected chi connectivity index (χ2v) is 14.0. The summed E-state index contributed by atoms with van der Waals surface area (Å²) in [7, 11) is 0.166. The number of carboxylic acid groups (broad SMARTS) is 1. The Labute approximate surface area is 163 Å². The molecule has 0 bridgehead atoms. The zero-order valence-corrected chi connectivity index (χ0v) is 18.3. The lowest BCUT2D eigenvalue weighted by atomic mass is 9.91. The molecule has 146 valence electrons. The van der Waals surface area contributed by atoms with E-state index < -0.39 is 14.3 Å². The minimum atomic E-state index is -1.73. The lowest BCUT2D eigenvalue weighted by Gasteiger charge is -2.40. The van der Waals surface area contributed by atoms with E-state index in [9.17, 15) is 9.90 Å². The van der Waals surface area contributed by atoms with Crippen LogP contribution in [0.4, 0.5) is 0 Å². The molecule has 1 aliphatic rings. The SMILES string of the molecule is Cn1cc(C(=O)O)c2ccc(C3=CCC(O[Si](C)(C)C(C)(C)C)CC3)cc21. The predicted octanol–water partition coefficient (Wildman–Crippen LogP) is 5.83. The third kappa shape index (κ3) is 3.89. The number of benzene rings is 1. The topological polar surface area (TPSA) is 51.5 Å². The predicted molar refractivity (Wildman–Crippen MR) is 114 cm³/mol. The van der Waals surface area contributed by atoms with Crippen molar-refractivity contribution in [2.75, 3.05) is 0 Å². The standard InChI is InChI=1S/C22H31NO3Si/c1-22(2,3)27(5,6)26-17-10-7-15(8-11-17)16-9-12-18-19(21(24)25)14-23(4)20(18)13-16/h7,9,12-14,17H,8,10-11H2,1-6H3,(H,24,25). The molecule has 1 aliphatic carbocycles. The van der Waals surface area contributed by atoms with Gasteiger partial charge in [0.1, 0.15) is 0 Å². The molecule has 0 amide bonds. The summed E-state index contributed by atoms with van der Waals surface area (Å²) >= 11 is 0. The van der Waals surface area contributed by atoms with E-state index in [1.54, 1.807) is 6.20 Å². The molecule has 1 aromatic carbocycles. The summed E-state index contributed by atoms with van der Waals surface area (Å²) in [6.07, 6.45) is 7.31. The Kier molecular flexibility index (Phi) is 5.12. The Morgan fingerprint density at radius 3 is 2.56 bits per heavy atom. The summed E-state index contributed by atoms with van der Waals surface area (Å²) in [5.41, 5.74) is 3.85. The van der Waals surface area contributed by atoms with Crippen molar-refractivity contribution < 1.29 is 14.3 Å². The Hall–Kier alpha value is -1.85. The molecular formula is C22H31NO3Si. The summed E-state index contributed by atoms with van der Waals surface area (Å²) in [6, 6.07) is 6.10. The Morgan fingerprint density at radius 1 is 1.30 bits per heavy atom. The van der Waals surface area contributed by atoms with E-state index in [1.807, 2.05) is 17.7 Å². The van der Waals surface area contributed by atoms with Gasteiger partial charge in [-0.3, -0.25) is 0 Å². The molecule has 1 N–H and O–H groups in total. The summed E-state index contributed by atoms with van der Waals surface area (Å²) in [4.78, 5) is 11.4. The van der Waals surface area contributed by atoms with Crippen molar-refractivity contribution in [1.29, 1.82) is 0 Å². The molecule has 0 saturated carbocycles. The van der Waals surface area contributed by atoms with Crippen LogP contribution in [-0.2, 0) is 11.5 Å². The maximum atomic E-state index is 11.4. The average Bonchev–Trinajstić information content (AvgIpc) is 2.91. The molecular weight excluding hydrogens is 354 g/mol. The van der Waals surface area contributed by atoms with E-state index in [0.717, 1.165) is 30.2 Å². The van der Waals surface area contributed by atoms with Crippen LogP contribution in [0.1, 0.15) is 56.0 Å². The van der Waals surface area contributed by atoms with Crippen LogP contribution in [0, 0.1) is 0 Å². The fraction of sp³-hybridized carbons (Fsp3) is 0.500. The van der Waals surface area contributed by atoms with Crippen LogP contribution in [0.3, 0.4) is 0 Å². The highest BCUT2D eigenvalue weighted by Gasteiger charge is 2.39. The molecule has 0 saturated heterocycles. The molecule has 4 nitrogen and oxygen atoms in total. The van der Waals surface area contributed by atoms with Crippen LogP contribution >= 0.6 is 0 Å². The molecule has 2 aromatic rings. The largest absolute Gasteiger partial charge is 0.478 e. The maximum absolute atomic E-state index is 11.4. The fourth-order valence-electron chi connectivity index (χ4n) is 3.53. The number of rotatable bonds is 4. The molecule has 0 fully saturated rings. The van der Waals surface area contributed by atoms with E-state index in [0.29, 0.717) is 11.7 Å². The van der Waals surface area contributed by atoms with Crippen molar-refractivity contribution >= 4 is 30.8 Å². The van der Waals surface area contributed by atoms with Crippen LogP contribution in [-0.4, -0.2) is 30.1 Å². The van der Waals surface area contributed by atoms with E-state index >= 15 is 0 Å². The first-order chi connectivity index (χ1) is 12.5. The zero-order chi connectivity index (χ0) is 20.0. The number of carboxylic acids is 1. The highest BCUT2D eigenvalue weighted by atomic mass is 28.4. The Bertz CT molecular complexity index is 902. The van der Waals surface area contributed by atoms with Crippen molar-refractivity contribution in [2.45, 2.75) is 64.3 Å². The Balaban J connectivity index is 1.80. The van der Waals surface area contributed by atoms with Gasteiger partial charge in [0.05, 0.1) is 5.56 Å². The monoisotopic (exact) mass is 385 g/mol. The minimum Gasteiger partial charge on any atom is -0.478 e. The van der Waals surface area contributed by atoms with Gasteiger partial charge in [0.25, 0.3) is 0 Å². The molecule has 1 aromatic heterocycles. The number of hydrogen-bond acceptors (Lipinski definition) is 2. The number of hydrogen-bond donors (Lipinski definition) is 1. The van der Waals surface area contributed by atoms with Crippen LogP contribution in [0.25, 0.3) is 16.5 Å². The van der Waals surface area contributed by atoms with Gasteiger partial charge in [-0.1, -0.05) is 39.0 Å². The summed E-state index contributed by atoms with van der Waals surface area (Å²) in [5.74, 6) is -0.879. The minimum absolute atomic E-state index is 0.233. The highest BCUT2D eigenvalue weighted by Crippen LogP contribution is 2.40. The number of carbonyl (C=O) groups is 1. The molecule has 27 heavy (non-hydrogen) atoms. The van der Waals surface area contributed by atoms with E-state index in [4.69, 9.17) is 4.43 Å². The smallest absolute Gasteiger partial charge is 0.337 e. The van der Waals surface area contributed by atoms with Gasteiger partial charge in [-0.15, -0.1) is 0 Å². The van der Waals surface area contributed by atoms with Gasteiger partial charge in [-0.25, -0.2) is 4.79 Å². The highest BCUT2D eigenvalue weighted by molar-refractivity contribution is 6.74. The molecule has 3 rings (SSSR count). The molecule has 0 aliphatic heterocycles. The maximum Gasteiger partial charge on any atom is 0.337 e. The zero-order valence-electron chi connectivity index (χ0n) is 17.3. The number of aromatic nitrogens is 1. The van der Waals surface area contributed by atoms with Gasteiger partial charge in [0.15, 0.2) is 8.32 Å². The third-order valence-electron chi connectivity index (χ3n) is 6.22. The lowest BCUT2D eigenvalue weighted by Crippen LogP contribution is -2.44. The number of fused-ring (bicyclic) bond motifs is 1. The van der Waals surface area contributed by atoms with Gasteiger partial charge < -0.3 is 14.1 Å². The summed E-state index contributed by atoms with van der Waals surface area (Å²) in [6.45, 7) is 11.5. The van der Waals surface area contributed by atoms with Crippen molar-refractivity contribution in [3.63, 3.8) is 0 Å². The van der Waals surface area contributed by atoms with Gasteiger partial charge >= 0.3 is 5.97 Å². The molecule has 1 unspecified atom stereocenters. The van der Waals surface area contributed by atoms with Crippen molar-refractivity contribution in [2.24, 2.45) is 7.05 Å². The first kappa shape index (κ1) is 19.9. The second-order valence-electron chi connectivity index (χ2n) is 9.19. The third-order valence-corrected chi connectivity index (χ3v) is 10.8. The van der Waals surface area contributed by atoms with Gasteiger partial charge in [-0.05, 0) is 54.6 Å². The van der Waals surface area contributed by atoms with E-state index in [2.05, 4.69) is 52.1 Å². The quantitative estimate of drug-likeness (QED) is 0.673. The number of aromatic carboxylic acids is 1. The van der Waals surface area contributed by atoms with Crippen LogP contribution < -0.4 is 0 Å². The lowest BCUT2D eigenvalue weighted by molar-refractivity contribution is 0.0699. The number of nitrogens with zero attached hydrogens (tertiary/aromatic N) is 1. The van der Waals surface area contributed by atoms with Crippen molar-refractivity contribution in [3.8, 4) is 0 Å². The summed E-state index contributed by atoms with van der Waals surface area (Å²) in [5, 5.41) is 10.4. The van der Waals surface area contributed by atoms with Crippen LogP contribution in [0.5, 0.6) is 0 Å².